The summed E-state index contributed by atoms with van der Waals surface area (Å²) in [5.41, 5.74) is 0. The minimum atomic E-state index is -0.0251. The normalized spacial score (nSPS) is 18.6. The van der Waals surface area contributed by atoms with E-state index in [1.54, 1.807) is 0 Å². The fraction of sp³-hybridized carbons (Fsp3) is 1.00. The van der Waals surface area contributed by atoms with Crippen molar-refractivity contribution in [3.63, 3.8) is 0 Å². The SMILES string of the molecule is CCNCCCNCC1OCCCO1. The molecule has 0 aliphatic carbocycles. The van der Waals surface area contributed by atoms with E-state index in [9.17, 15) is 0 Å². The molecule has 0 unspecified atom stereocenters. The molecule has 0 aromatic carbocycles. The van der Waals surface area contributed by atoms with Gasteiger partial charge in [-0.2, -0.15) is 0 Å². The Hall–Kier alpha value is -0.160. The fourth-order valence-electron chi connectivity index (χ4n) is 1.39. The lowest BCUT2D eigenvalue weighted by Crippen LogP contribution is -2.36. The molecule has 2 N–H and O–H groups in total. The molecule has 1 fully saturated rings. The van der Waals surface area contributed by atoms with Gasteiger partial charge in [-0.25, -0.2) is 0 Å². The van der Waals surface area contributed by atoms with Gasteiger partial charge in [-0.3, -0.25) is 0 Å². The summed E-state index contributed by atoms with van der Waals surface area (Å²) in [6.45, 7) is 7.76. The number of nitrogens with one attached hydrogen (secondary N) is 2. The fourth-order valence-corrected chi connectivity index (χ4v) is 1.39. The van der Waals surface area contributed by atoms with E-state index in [1.807, 2.05) is 0 Å². The Bertz CT molecular complexity index is 127. The Balaban J connectivity index is 1.82. The monoisotopic (exact) mass is 202 g/mol. The van der Waals surface area contributed by atoms with Crippen molar-refractivity contribution in [2.45, 2.75) is 26.1 Å². The zero-order valence-corrected chi connectivity index (χ0v) is 9.05. The van der Waals surface area contributed by atoms with Crippen LogP contribution in [0.1, 0.15) is 19.8 Å². The molecule has 0 saturated carbocycles. The van der Waals surface area contributed by atoms with Crippen LogP contribution in [0.3, 0.4) is 0 Å². The van der Waals surface area contributed by atoms with E-state index in [-0.39, 0.29) is 6.29 Å². The maximum absolute atomic E-state index is 5.41. The molecule has 84 valence electrons. The van der Waals surface area contributed by atoms with Crippen molar-refractivity contribution >= 4 is 0 Å². The van der Waals surface area contributed by atoms with Gasteiger partial charge in [0, 0.05) is 6.54 Å². The summed E-state index contributed by atoms with van der Waals surface area (Å²) in [6, 6.07) is 0. The van der Waals surface area contributed by atoms with Crippen LogP contribution in [0.4, 0.5) is 0 Å². The smallest absolute Gasteiger partial charge is 0.169 e. The average molecular weight is 202 g/mol. The molecule has 1 heterocycles. The van der Waals surface area contributed by atoms with Gasteiger partial charge in [0.05, 0.1) is 13.2 Å². The van der Waals surface area contributed by atoms with Crippen LogP contribution >= 0.6 is 0 Å². The Kier molecular flexibility index (Phi) is 6.95. The lowest BCUT2D eigenvalue weighted by atomic mass is 10.4. The summed E-state index contributed by atoms with van der Waals surface area (Å²) in [4.78, 5) is 0. The molecule has 0 amide bonds. The van der Waals surface area contributed by atoms with E-state index in [1.165, 1.54) is 0 Å². The first-order valence-electron chi connectivity index (χ1n) is 5.58. The number of rotatable bonds is 7. The maximum atomic E-state index is 5.41. The van der Waals surface area contributed by atoms with E-state index >= 15 is 0 Å². The van der Waals surface area contributed by atoms with Crippen molar-refractivity contribution in [1.29, 1.82) is 0 Å². The molecule has 0 radical (unpaired) electrons. The summed E-state index contributed by atoms with van der Waals surface area (Å²) in [5, 5.41) is 6.61. The van der Waals surface area contributed by atoms with Crippen LogP contribution in [-0.2, 0) is 9.47 Å². The topological polar surface area (TPSA) is 42.5 Å². The lowest BCUT2D eigenvalue weighted by Gasteiger charge is -2.23. The molecule has 14 heavy (non-hydrogen) atoms. The van der Waals surface area contributed by atoms with Gasteiger partial charge < -0.3 is 20.1 Å². The summed E-state index contributed by atoms with van der Waals surface area (Å²) >= 11 is 0. The first-order chi connectivity index (χ1) is 6.93. The largest absolute Gasteiger partial charge is 0.351 e. The molecule has 1 rings (SSSR count). The third-order valence-corrected chi connectivity index (χ3v) is 2.16. The first kappa shape index (κ1) is 11.9. The standard InChI is InChI=1S/C10H22N2O2/c1-2-11-5-3-6-12-9-10-13-7-4-8-14-10/h10-12H,2-9H2,1H3. The van der Waals surface area contributed by atoms with Crippen LogP contribution in [0.25, 0.3) is 0 Å². The van der Waals surface area contributed by atoms with Crippen molar-refractivity contribution in [1.82, 2.24) is 10.6 Å². The minimum Gasteiger partial charge on any atom is -0.351 e. The van der Waals surface area contributed by atoms with Crippen molar-refractivity contribution in [3.05, 3.63) is 0 Å². The van der Waals surface area contributed by atoms with Crippen LogP contribution < -0.4 is 10.6 Å². The van der Waals surface area contributed by atoms with Gasteiger partial charge in [-0.15, -0.1) is 0 Å². The third-order valence-electron chi connectivity index (χ3n) is 2.16. The molecule has 4 nitrogen and oxygen atoms in total. The molecule has 0 bridgehead atoms. The van der Waals surface area contributed by atoms with Gasteiger partial charge in [0.15, 0.2) is 6.29 Å². The van der Waals surface area contributed by atoms with Crippen molar-refractivity contribution in [2.75, 3.05) is 39.4 Å². The molecule has 1 aliphatic rings. The van der Waals surface area contributed by atoms with Crippen LogP contribution in [0.5, 0.6) is 0 Å². The molecule has 0 aromatic rings. The molecule has 0 spiro atoms. The maximum Gasteiger partial charge on any atom is 0.169 e. The zero-order chi connectivity index (χ0) is 10.1. The highest BCUT2D eigenvalue weighted by molar-refractivity contribution is 4.56. The molecule has 4 heteroatoms. The van der Waals surface area contributed by atoms with Crippen LogP contribution in [0.15, 0.2) is 0 Å². The predicted molar refractivity (Wildman–Crippen MR) is 56.3 cm³/mol. The van der Waals surface area contributed by atoms with E-state index in [4.69, 9.17) is 9.47 Å². The number of ether oxygens (including phenoxy) is 2. The summed E-state index contributed by atoms with van der Waals surface area (Å²) in [7, 11) is 0. The van der Waals surface area contributed by atoms with Gasteiger partial charge in [0.2, 0.25) is 0 Å². The Morgan fingerprint density at radius 2 is 1.86 bits per heavy atom. The highest BCUT2D eigenvalue weighted by Crippen LogP contribution is 2.02. The van der Waals surface area contributed by atoms with Crippen molar-refractivity contribution in [2.24, 2.45) is 0 Å². The highest BCUT2D eigenvalue weighted by Gasteiger charge is 2.12. The van der Waals surface area contributed by atoms with Gasteiger partial charge in [0.25, 0.3) is 0 Å². The third kappa shape index (κ3) is 5.54. The van der Waals surface area contributed by atoms with Crippen molar-refractivity contribution in [3.8, 4) is 0 Å². The van der Waals surface area contributed by atoms with E-state index in [2.05, 4.69) is 17.6 Å². The predicted octanol–water partition coefficient (Wildman–Crippen LogP) is 0.339. The van der Waals surface area contributed by atoms with E-state index in [0.717, 1.165) is 52.2 Å². The highest BCUT2D eigenvalue weighted by atomic mass is 16.7. The Morgan fingerprint density at radius 1 is 1.14 bits per heavy atom. The minimum absolute atomic E-state index is 0.0251. The van der Waals surface area contributed by atoms with E-state index in [0.29, 0.717) is 0 Å². The summed E-state index contributed by atoms with van der Waals surface area (Å²) in [6.07, 6.45) is 2.15. The molecule has 0 atom stereocenters. The zero-order valence-electron chi connectivity index (χ0n) is 9.05. The summed E-state index contributed by atoms with van der Waals surface area (Å²) < 4.78 is 10.8. The van der Waals surface area contributed by atoms with Crippen LogP contribution in [-0.4, -0.2) is 45.7 Å². The number of hydrogen-bond donors (Lipinski definition) is 2. The molecule has 1 saturated heterocycles. The molecule has 1 aliphatic heterocycles. The first-order valence-corrected chi connectivity index (χ1v) is 5.58. The lowest BCUT2D eigenvalue weighted by molar-refractivity contribution is -0.175. The van der Waals surface area contributed by atoms with Gasteiger partial charge in [0.1, 0.15) is 0 Å². The molecular weight excluding hydrogens is 180 g/mol. The molecular formula is C10H22N2O2. The second kappa shape index (κ2) is 8.17. The Labute approximate surface area is 86.3 Å². The van der Waals surface area contributed by atoms with Gasteiger partial charge >= 0.3 is 0 Å². The van der Waals surface area contributed by atoms with Gasteiger partial charge in [-0.1, -0.05) is 6.92 Å². The van der Waals surface area contributed by atoms with Crippen molar-refractivity contribution < 1.29 is 9.47 Å². The summed E-state index contributed by atoms with van der Waals surface area (Å²) in [5.74, 6) is 0. The van der Waals surface area contributed by atoms with Crippen LogP contribution in [0.2, 0.25) is 0 Å². The van der Waals surface area contributed by atoms with Crippen LogP contribution in [0, 0.1) is 0 Å². The average Bonchev–Trinajstić information content (AvgIpc) is 2.25. The quantitative estimate of drug-likeness (QED) is 0.584. The number of hydrogen-bond acceptors (Lipinski definition) is 4. The van der Waals surface area contributed by atoms with E-state index < -0.39 is 0 Å². The van der Waals surface area contributed by atoms with Gasteiger partial charge in [-0.05, 0) is 32.5 Å². The Morgan fingerprint density at radius 3 is 2.57 bits per heavy atom. The second-order valence-electron chi connectivity index (χ2n) is 3.44. The second-order valence-corrected chi connectivity index (χ2v) is 3.44. The molecule has 0 aromatic heterocycles.